The summed E-state index contributed by atoms with van der Waals surface area (Å²) in [6.45, 7) is 7.21. The summed E-state index contributed by atoms with van der Waals surface area (Å²) in [5.74, 6) is 0.988. The molecule has 0 saturated heterocycles. The van der Waals surface area contributed by atoms with Gasteiger partial charge in [-0.05, 0) is 24.2 Å². The fraction of sp³-hybridized carbons (Fsp3) is 1.00. The van der Waals surface area contributed by atoms with E-state index in [-0.39, 0.29) is 0 Å². The largest absolute Gasteiger partial charge is 0.0625 e. The minimum Gasteiger partial charge on any atom is -0.0625 e. The predicted molar refractivity (Wildman–Crippen MR) is 46.0 cm³/mol. The van der Waals surface area contributed by atoms with Gasteiger partial charge in [-0.15, -0.1) is 0 Å². The van der Waals surface area contributed by atoms with Crippen LogP contribution in [-0.2, 0) is 0 Å². The maximum atomic E-state index is 2.41. The molecule has 1 aliphatic rings. The van der Waals surface area contributed by atoms with Crippen LogP contribution in [0.5, 0.6) is 0 Å². The van der Waals surface area contributed by atoms with Crippen LogP contribution in [0.15, 0.2) is 0 Å². The van der Waals surface area contributed by atoms with E-state index in [1.54, 1.807) is 0 Å². The Hall–Kier alpha value is 0. The van der Waals surface area contributed by atoms with Gasteiger partial charge in [-0.25, -0.2) is 0 Å². The molecular weight excluding hydrogens is 120 g/mol. The van der Waals surface area contributed by atoms with Crippen molar-refractivity contribution in [1.29, 1.82) is 0 Å². The molecule has 0 heteroatoms. The van der Waals surface area contributed by atoms with E-state index < -0.39 is 0 Å². The molecule has 0 N–H and O–H groups in total. The Labute approximate surface area is 65.0 Å². The quantitative estimate of drug-likeness (QED) is 0.451. The van der Waals surface area contributed by atoms with E-state index >= 15 is 0 Å². The van der Waals surface area contributed by atoms with Crippen LogP contribution in [0.3, 0.4) is 0 Å². The van der Waals surface area contributed by atoms with Crippen LogP contribution in [0.4, 0.5) is 0 Å². The lowest BCUT2D eigenvalue weighted by atomic mass is 9.85. The summed E-state index contributed by atoms with van der Waals surface area (Å²) < 4.78 is 0. The maximum absolute atomic E-state index is 2.41. The third-order valence-electron chi connectivity index (χ3n) is 2.86. The van der Waals surface area contributed by atoms with E-state index in [2.05, 4.69) is 20.8 Å². The number of hydrogen-bond acceptors (Lipinski definition) is 0. The lowest BCUT2D eigenvalue weighted by Crippen LogP contribution is -2.08. The van der Waals surface area contributed by atoms with Crippen molar-refractivity contribution in [1.82, 2.24) is 0 Å². The first kappa shape index (κ1) is 8.10. The van der Waals surface area contributed by atoms with Crippen molar-refractivity contribution >= 4 is 0 Å². The average molecular weight is 140 g/mol. The second-order valence-electron chi connectivity index (χ2n) is 4.70. The van der Waals surface area contributed by atoms with Crippen LogP contribution in [0.2, 0.25) is 0 Å². The zero-order valence-corrected chi connectivity index (χ0v) is 7.61. The zero-order chi connectivity index (χ0) is 7.61. The van der Waals surface area contributed by atoms with E-state index in [0.717, 1.165) is 5.92 Å². The molecule has 0 unspecified atom stereocenters. The van der Waals surface area contributed by atoms with Gasteiger partial charge < -0.3 is 0 Å². The van der Waals surface area contributed by atoms with Crippen LogP contribution in [0.25, 0.3) is 0 Å². The fourth-order valence-electron chi connectivity index (χ4n) is 1.84. The molecule has 1 saturated carbocycles. The van der Waals surface area contributed by atoms with Crippen molar-refractivity contribution in [3.63, 3.8) is 0 Å². The van der Waals surface area contributed by atoms with Crippen molar-refractivity contribution < 1.29 is 0 Å². The average Bonchev–Trinajstić information content (AvgIpc) is 1.94. The summed E-state index contributed by atoms with van der Waals surface area (Å²) in [5, 5.41) is 0. The highest BCUT2D eigenvalue weighted by Gasteiger charge is 2.21. The third kappa shape index (κ3) is 2.32. The Kier molecular flexibility index (Phi) is 2.38. The Morgan fingerprint density at radius 2 is 1.80 bits per heavy atom. The molecule has 0 heterocycles. The molecule has 0 aromatic rings. The highest BCUT2D eigenvalue weighted by Crippen LogP contribution is 2.35. The highest BCUT2D eigenvalue weighted by molar-refractivity contribution is 4.74. The normalized spacial score (nSPS) is 33.3. The first-order valence-electron chi connectivity index (χ1n) is 4.60. The summed E-state index contributed by atoms with van der Waals surface area (Å²) in [5.41, 5.74) is 0.644. The molecule has 1 rings (SSSR count). The SMILES string of the molecule is C[C@H]1CCCC(C)(C)CC1. The Balaban J connectivity index is 2.41. The molecule has 1 atom stereocenters. The van der Waals surface area contributed by atoms with Gasteiger partial charge in [0.1, 0.15) is 0 Å². The summed E-state index contributed by atoms with van der Waals surface area (Å²) >= 11 is 0. The third-order valence-corrected chi connectivity index (χ3v) is 2.86. The monoisotopic (exact) mass is 140 g/mol. The summed E-state index contributed by atoms with van der Waals surface area (Å²) in [6.07, 6.45) is 7.25. The molecule has 0 nitrogen and oxygen atoms in total. The number of hydrogen-bond donors (Lipinski definition) is 0. The van der Waals surface area contributed by atoms with E-state index in [0.29, 0.717) is 5.41 Å². The fourth-order valence-corrected chi connectivity index (χ4v) is 1.84. The first-order valence-corrected chi connectivity index (χ1v) is 4.60. The lowest BCUT2D eigenvalue weighted by molar-refractivity contribution is 0.310. The van der Waals surface area contributed by atoms with Crippen LogP contribution in [-0.4, -0.2) is 0 Å². The van der Waals surface area contributed by atoms with Gasteiger partial charge in [0, 0.05) is 0 Å². The van der Waals surface area contributed by atoms with Crippen molar-refractivity contribution in [3.8, 4) is 0 Å². The molecule has 0 radical (unpaired) electrons. The van der Waals surface area contributed by atoms with E-state index in [1.807, 2.05) is 0 Å². The molecule has 0 spiro atoms. The van der Waals surface area contributed by atoms with Crippen LogP contribution in [0.1, 0.15) is 52.9 Å². The molecule has 0 amide bonds. The van der Waals surface area contributed by atoms with Crippen LogP contribution >= 0.6 is 0 Å². The van der Waals surface area contributed by atoms with Crippen molar-refractivity contribution in [2.24, 2.45) is 11.3 Å². The van der Waals surface area contributed by atoms with Gasteiger partial charge in [-0.3, -0.25) is 0 Å². The number of rotatable bonds is 0. The van der Waals surface area contributed by atoms with E-state index in [9.17, 15) is 0 Å². The maximum Gasteiger partial charge on any atom is -0.0354 e. The Morgan fingerprint density at radius 1 is 1.10 bits per heavy atom. The lowest BCUT2D eigenvalue weighted by Gasteiger charge is -2.21. The minimum atomic E-state index is 0.644. The second kappa shape index (κ2) is 2.94. The van der Waals surface area contributed by atoms with Crippen molar-refractivity contribution in [2.75, 3.05) is 0 Å². The molecule has 10 heavy (non-hydrogen) atoms. The van der Waals surface area contributed by atoms with E-state index in [1.165, 1.54) is 32.1 Å². The highest BCUT2D eigenvalue weighted by atomic mass is 14.3. The molecule has 60 valence electrons. The van der Waals surface area contributed by atoms with Crippen molar-refractivity contribution in [3.05, 3.63) is 0 Å². The zero-order valence-electron chi connectivity index (χ0n) is 7.61. The van der Waals surface area contributed by atoms with Gasteiger partial charge >= 0.3 is 0 Å². The van der Waals surface area contributed by atoms with Gasteiger partial charge in [-0.1, -0.05) is 40.0 Å². The van der Waals surface area contributed by atoms with Gasteiger partial charge in [0.2, 0.25) is 0 Å². The summed E-state index contributed by atoms with van der Waals surface area (Å²) in [7, 11) is 0. The van der Waals surface area contributed by atoms with Crippen molar-refractivity contribution in [2.45, 2.75) is 52.9 Å². The Bertz CT molecular complexity index is 103. The molecule has 1 aliphatic carbocycles. The smallest absolute Gasteiger partial charge is 0.0354 e. The van der Waals surface area contributed by atoms with Gasteiger partial charge in [0.05, 0.1) is 0 Å². The molecular formula is C10H20. The minimum absolute atomic E-state index is 0.644. The first-order chi connectivity index (χ1) is 4.60. The molecule has 1 fully saturated rings. The molecule has 0 bridgehead atoms. The Morgan fingerprint density at radius 3 is 2.50 bits per heavy atom. The van der Waals surface area contributed by atoms with Crippen LogP contribution < -0.4 is 0 Å². The molecule has 0 aliphatic heterocycles. The molecule has 0 aromatic heterocycles. The predicted octanol–water partition coefficient (Wildman–Crippen LogP) is 3.61. The van der Waals surface area contributed by atoms with E-state index in [4.69, 9.17) is 0 Å². The van der Waals surface area contributed by atoms with Gasteiger partial charge in [0.25, 0.3) is 0 Å². The molecule has 0 aromatic carbocycles. The topological polar surface area (TPSA) is 0 Å². The summed E-state index contributed by atoms with van der Waals surface area (Å²) in [6, 6.07) is 0. The summed E-state index contributed by atoms with van der Waals surface area (Å²) in [4.78, 5) is 0. The standard InChI is InChI=1S/C10H20/c1-9-5-4-7-10(2,3)8-6-9/h9H,4-8H2,1-3H3/t9-/m0/s1. The second-order valence-corrected chi connectivity index (χ2v) is 4.70. The van der Waals surface area contributed by atoms with Gasteiger partial charge in [-0.2, -0.15) is 0 Å². The van der Waals surface area contributed by atoms with Gasteiger partial charge in [0.15, 0.2) is 0 Å². The van der Waals surface area contributed by atoms with Crippen LogP contribution in [0, 0.1) is 11.3 Å².